The van der Waals surface area contributed by atoms with Crippen molar-refractivity contribution in [3.8, 4) is 11.5 Å². The van der Waals surface area contributed by atoms with Crippen molar-refractivity contribution in [3.05, 3.63) is 65.7 Å². The monoisotopic (exact) mass is 224 g/mol. The molecule has 0 spiro atoms. The van der Waals surface area contributed by atoms with E-state index in [9.17, 15) is 5.11 Å². The Morgan fingerprint density at radius 1 is 0.941 bits per heavy atom. The molecule has 1 unspecified atom stereocenters. The standard InChI is InChI=1S/C15H12O2/c16-13-7-3-2-6-12(13)15-10-9-11-5-1-4-8-14(11)17-15/h1-10,15-16H. The van der Waals surface area contributed by atoms with Crippen LogP contribution in [0.1, 0.15) is 17.2 Å². The topological polar surface area (TPSA) is 29.5 Å². The van der Waals surface area contributed by atoms with E-state index in [2.05, 4.69) is 0 Å². The van der Waals surface area contributed by atoms with Gasteiger partial charge in [-0.3, -0.25) is 0 Å². The molecule has 3 rings (SSSR count). The molecule has 0 bridgehead atoms. The predicted molar refractivity (Wildman–Crippen MR) is 67.0 cm³/mol. The quantitative estimate of drug-likeness (QED) is 0.802. The zero-order valence-electron chi connectivity index (χ0n) is 9.21. The van der Waals surface area contributed by atoms with Gasteiger partial charge in [0.1, 0.15) is 17.6 Å². The van der Waals surface area contributed by atoms with Gasteiger partial charge in [0.05, 0.1) is 0 Å². The van der Waals surface area contributed by atoms with Crippen molar-refractivity contribution in [1.82, 2.24) is 0 Å². The first-order chi connectivity index (χ1) is 8.34. The number of ether oxygens (including phenoxy) is 1. The van der Waals surface area contributed by atoms with Crippen LogP contribution < -0.4 is 4.74 Å². The fourth-order valence-corrected chi connectivity index (χ4v) is 1.99. The first-order valence-electron chi connectivity index (χ1n) is 5.56. The second-order valence-electron chi connectivity index (χ2n) is 3.99. The Balaban J connectivity index is 1.98. The number of benzene rings is 2. The highest BCUT2D eigenvalue weighted by atomic mass is 16.5. The zero-order valence-corrected chi connectivity index (χ0v) is 9.21. The number of phenolic OH excluding ortho intramolecular Hbond substituents is 1. The van der Waals surface area contributed by atoms with Gasteiger partial charge in [-0.2, -0.15) is 0 Å². The summed E-state index contributed by atoms with van der Waals surface area (Å²) in [6.45, 7) is 0. The molecule has 1 atom stereocenters. The van der Waals surface area contributed by atoms with Gasteiger partial charge in [0.2, 0.25) is 0 Å². The van der Waals surface area contributed by atoms with E-state index < -0.39 is 0 Å². The lowest BCUT2D eigenvalue weighted by atomic mass is 10.0. The zero-order chi connectivity index (χ0) is 11.7. The van der Waals surface area contributed by atoms with Gasteiger partial charge >= 0.3 is 0 Å². The summed E-state index contributed by atoms with van der Waals surface area (Å²) in [4.78, 5) is 0. The summed E-state index contributed by atoms with van der Waals surface area (Å²) in [6, 6.07) is 15.1. The summed E-state index contributed by atoms with van der Waals surface area (Å²) in [5.41, 5.74) is 1.86. The van der Waals surface area contributed by atoms with Crippen LogP contribution in [0.4, 0.5) is 0 Å². The fraction of sp³-hybridized carbons (Fsp3) is 0.0667. The van der Waals surface area contributed by atoms with Gasteiger partial charge in [-0.05, 0) is 18.2 Å². The SMILES string of the molecule is Oc1ccccc1C1C=Cc2ccccc2O1. The van der Waals surface area contributed by atoms with Gasteiger partial charge in [0.25, 0.3) is 0 Å². The minimum atomic E-state index is -0.217. The van der Waals surface area contributed by atoms with Crippen LogP contribution in [0, 0.1) is 0 Å². The summed E-state index contributed by atoms with van der Waals surface area (Å²) in [6.07, 6.45) is 3.76. The number of fused-ring (bicyclic) bond motifs is 1. The highest BCUT2D eigenvalue weighted by molar-refractivity contribution is 5.60. The second kappa shape index (κ2) is 3.98. The van der Waals surface area contributed by atoms with E-state index in [1.165, 1.54) is 0 Å². The summed E-state index contributed by atoms with van der Waals surface area (Å²) in [7, 11) is 0. The molecule has 0 aliphatic carbocycles. The summed E-state index contributed by atoms with van der Waals surface area (Å²) in [5, 5.41) is 9.80. The maximum Gasteiger partial charge on any atom is 0.146 e. The predicted octanol–water partition coefficient (Wildman–Crippen LogP) is 3.54. The summed E-state index contributed by atoms with van der Waals surface area (Å²) in [5.74, 6) is 1.12. The third kappa shape index (κ3) is 1.78. The Morgan fingerprint density at radius 3 is 2.59 bits per heavy atom. The van der Waals surface area contributed by atoms with E-state index in [-0.39, 0.29) is 11.9 Å². The molecule has 0 fully saturated rings. The molecule has 0 saturated carbocycles. The molecule has 2 heteroatoms. The molecule has 0 radical (unpaired) electrons. The largest absolute Gasteiger partial charge is 0.508 e. The number of hydrogen-bond donors (Lipinski definition) is 1. The minimum Gasteiger partial charge on any atom is -0.508 e. The molecule has 0 saturated heterocycles. The van der Waals surface area contributed by atoms with Crippen molar-refractivity contribution < 1.29 is 9.84 Å². The molecule has 2 nitrogen and oxygen atoms in total. The average Bonchev–Trinajstić information content (AvgIpc) is 2.39. The fourth-order valence-electron chi connectivity index (χ4n) is 1.99. The Labute approximate surface area is 99.8 Å². The van der Waals surface area contributed by atoms with Crippen molar-refractivity contribution in [3.63, 3.8) is 0 Å². The van der Waals surface area contributed by atoms with E-state index in [0.717, 1.165) is 16.9 Å². The number of para-hydroxylation sites is 2. The lowest BCUT2D eigenvalue weighted by Gasteiger charge is -2.22. The Bertz CT molecular complexity index is 573. The average molecular weight is 224 g/mol. The van der Waals surface area contributed by atoms with Gasteiger partial charge < -0.3 is 9.84 Å². The van der Waals surface area contributed by atoms with E-state index in [1.54, 1.807) is 12.1 Å². The summed E-state index contributed by atoms with van der Waals surface area (Å²) >= 11 is 0. The normalized spacial score (nSPS) is 17.3. The molecule has 1 aliphatic heterocycles. The number of hydrogen-bond acceptors (Lipinski definition) is 2. The van der Waals surface area contributed by atoms with Crippen molar-refractivity contribution in [2.45, 2.75) is 6.10 Å². The molecule has 1 N–H and O–H groups in total. The molecule has 2 aromatic carbocycles. The first-order valence-corrected chi connectivity index (χ1v) is 5.56. The Morgan fingerprint density at radius 2 is 1.71 bits per heavy atom. The molecule has 1 heterocycles. The van der Waals surface area contributed by atoms with Crippen LogP contribution in [0.25, 0.3) is 6.08 Å². The Kier molecular flexibility index (Phi) is 2.33. The molecular weight excluding hydrogens is 212 g/mol. The van der Waals surface area contributed by atoms with Crippen LogP contribution in [0.15, 0.2) is 54.6 Å². The maximum atomic E-state index is 9.80. The molecule has 17 heavy (non-hydrogen) atoms. The number of rotatable bonds is 1. The molecule has 2 aromatic rings. The van der Waals surface area contributed by atoms with Crippen LogP contribution in [0.5, 0.6) is 11.5 Å². The van der Waals surface area contributed by atoms with Crippen molar-refractivity contribution >= 4 is 6.08 Å². The molecule has 1 aliphatic rings. The van der Waals surface area contributed by atoms with Crippen molar-refractivity contribution in [2.75, 3.05) is 0 Å². The highest BCUT2D eigenvalue weighted by Crippen LogP contribution is 2.35. The minimum absolute atomic E-state index is 0.217. The van der Waals surface area contributed by atoms with Gasteiger partial charge in [-0.25, -0.2) is 0 Å². The highest BCUT2D eigenvalue weighted by Gasteiger charge is 2.18. The lowest BCUT2D eigenvalue weighted by molar-refractivity contribution is 0.246. The van der Waals surface area contributed by atoms with Crippen molar-refractivity contribution in [2.24, 2.45) is 0 Å². The van der Waals surface area contributed by atoms with Crippen LogP contribution in [0.2, 0.25) is 0 Å². The van der Waals surface area contributed by atoms with E-state index in [4.69, 9.17) is 4.74 Å². The molecule has 0 aromatic heterocycles. The number of phenols is 1. The Hall–Kier alpha value is -2.22. The van der Waals surface area contributed by atoms with Crippen LogP contribution >= 0.6 is 0 Å². The number of aromatic hydroxyl groups is 1. The molecule has 84 valence electrons. The smallest absolute Gasteiger partial charge is 0.146 e. The van der Waals surface area contributed by atoms with Crippen LogP contribution in [0.3, 0.4) is 0 Å². The molecule has 0 amide bonds. The van der Waals surface area contributed by atoms with Crippen LogP contribution in [-0.4, -0.2) is 5.11 Å². The van der Waals surface area contributed by atoms with Gasteiger partial charge in [0.15, 0.2) is 0 Å². The van der Waals surface area contributed by atoms with Gasteiger partial charge in [-0.15, -0.1) is 0 Å². The van der Waals surface area contributed by atoms with E-state index >= 15 is 0 Å². The maximum absolute atomic E-state index is 9.80. The lowest BCUT2D eigenvalue weighted by Crippen LogP contribution is -2.08. The third-order valence-electron chi connectivity index (χ3n) is 2.87. The first kappa shape index (κ1) is 9.97. The van der Waals surface area contributed by atoms with Crippen LogP contribution in [-0.2, 0) is 0 Å². The molecular formula is C15H12O2. The third-order valence-corrected chi connectivity index (χ3v) is 2.87. The van der Waals surface area contributed by atoms with Gasteiger partial charge in [0, 0.05) is 11.1 Å². The summed E-state index contributed by atoms with van der Waals surface area (Å²) < 4.78 is 5.85. The second-order valence-corrected chi connectivity index (χ2v) is 3.99. The van der Waals surface area contributed by atoms with Crippen molar-refractivity contribution in [1.29, 1.82) is 0 Å². The van der Waals surface area contributed by atoms with Gasteiger partial charge in [-0.1, -0.05) is 42.5 Å². The van der Waals surface area contributed by atoms with E-state index in [0.29, 0.717) is 0 Å². The van der Waals surface area contributed by atoms with E-state index in [1.807, 2.05) is 48.6 Å².